The van der Waals surface area contributed by atoms with Crippen molar-refractivity contribution in [1.29, 1.82) is 0 Å². The Morgan fingerprint density at radius 2 is 2.24 bits per heavy atom. The molecule has 0 spiro atoms. The lowest BCUT2D eigenvalue weighted by Crippen LogP contribution is -2.12. The monoisotopic (exact) mass is 312 g/mol. The van der Waals surface area contributed by atoms with Gasteiger partial charge >= 0.3 is 0 Å². The Kier molecular flexibility index (Phi) is 4.53. The van der Waals surface area contributed by atoms with Gasteiger partial charge in [-0.15, -0.1) is 11.3 Å². The number of nitrogens with one attached hydrogen (secondary N) is 1. The average Bonchev–Trinajstić information content (AvgIpc) is 2.76. The van der Waals surface area contributed by atoms with Crippen LogP contribution in [0.15, 0.2) is 34.2 Å². The SMILES string of the molecule is COc1ccc(CNCc2sccc2Br)cn1. The van der Waals surface area contributed by atoms with E-state index >= 15 is 0 Å². The normalized spacial score (nSPS) is 10.5. The zero-order chi connectivity index (χ0) is 12.1. The first-order valence-corrected chi connectivity index (χ1v) is 6.88. The van der Waals surface area contributed by atoms with Crippen LogP contribution in [0.25, 0.3) is 0 Å². The summed E-state index contributed by atoms with van der Waals surface area (Å²) in [7, 11) is 1.62. The number of pyridine rings is 1. The Morgan fingerprint density at radius 1 is 1.35 bits per heavy atom. The highest BCUT2D eigenvalue weighted by Gasteiger charge is 2.01. The second kappa shape index (κ2) is 6.14. The fourth-order valence-corrected chi connectivity index (χ4v) is 2.87. The molecule has 0 aliphatic rings. The lowest BCUT2D eigenvalue weighted by molar-refractivity contribution is 0.397. The van der Waals surface area contributed by atoms with Crippen LogP contribution in [0.1, 0.15) is 10.4 Å². The molecule has 0 unspecified atom stereocenters. The van der Waals surface area contributed by atoms with Gasteiger partial charge in [-0.25, -0.2) is 4.98 Å². The van der Waals surface area contributed by atoms with E-state index in [1.165, 1.54) is 9.35 Å². The first-order valence-electron chi connectivity index (χ1n) is 5.21. The number of methoxy groups -OCH3 is 1. The molecule has 0 bridgehead atoms. The molecule has 0 saturated heterocycles. The maximum absolute atomic E-state index is 5.01. The number of hydrogen-bond acceptors (Lipinski definition) is 4. The van der Waals surface area contributed by atoms with Gasteiger partial charge in [0.2, 0.25) is 5.88 Å². The fraction of sp³-hybridized carbons (Fsp3) is 0.250. The molecule has 90 valence electrons. The lowest BCUT2D eigenvalue weighted by Gasteiger charge is -2.04. The summed E-state index contributed by atoms with van der Waals surface area (Å²) in [5, 5.41) is 5.46. The Balaban J connectivity index is 1.83. The van der Waals surface area contributed by atoms with Crippen molar-refractivity contribution in [2.24, 2.45) is 0 Å². The lowest BCUT2D eigenvalue weighted by atomic mass is 10.3. The molecule has 17 heavy (non-hydrogen) atoms. The van der Waals surface area contributed by atoms with E-state index in [9.17, 15) is 0 Å². The van der Waals surface area contributed by atoms with Crippen molar-refractivity contribution in [3.05, 3.63) is 44.7 Å². The standard InChI is InChI=1S/C12H13BrN2OS/c1-16-12-3-2-9(7-15-12)6-14-8-11-10(13)4-5-17-11/h2-5,7,14H,6,8H2,1H3. The molecule has 0 atom stereocenters. The molecule has 2 heterocycles. The minimum atomic E-state index is 0.648. The van der Waals surface area contributed by atoms with Crippen LogP contribution in [-0.2, 0) is 13.1 Å². The third-order valence-electron chi connectivity index (χ3n) is 2.31. The van der Waals surface area contributed by atoms with E-state index in [1.54, 1.807) is 18.4 Å². The van der Waals surface area contributed by atoms with Crippen molar-refractivity contribution >= 4 is 27.3 Å². The van der Waals surface area contributed by atoms with Crippen molar-refractivity contribution in [3.63, 3.8) is 0 Å². The highest BCUT2D eigenvalue weighted by atomic mass is 79.9. The van der Waals surface area contributed by atoms with Crippen LogP contribution in [0.3, 0.4) is 0 Å². The summed E-state index contributed by atoms with van der Waals surface area (Å²) in [6.07, 6.45) is 1.83. The predicted molar refractivity (Wildman–Crippen MR) is 73.4 cm³/mol. The van der Waals surface area contributed by atoms with Gasteiger partial charge in [0.05, 0.1) is 7.11 Å². The van der Waals surface area contributed by atoms with Crippen LogP contribution >= 0.6 is 27.3 Å². The van der Waals surface area contributed by atoms with Crippen LogP contribution in [0.5, 0.6) is 5.88 Å². The Bertz CT molecular complexity index is 470. The maximum Gasteiger partial charge on any atom is 0.212 e. The van der Waals surface area contributed by atoms with E-state index in [1.807, 2.05) is 18.3 Å². The Hall–Kier alpha value is -0.910. The van der Waals surface area contributed by atoms with Crippen molar-refractivity contribution in [1.82, 2.24) is 10.3 Å². The molecule has 3 nitrogen and oxygen atoms in total. The van der Waals surface area contributed by atoms with E-state index in [0.29, 0.717) is 5.88 Å². The number of hydrogen-bond donors (Lipinski definition) is 1. The topological polar surface area (TPSA) is 34.1 Å². The van der Waals surface area contributed by atoms with E-state index in [0.717, 1.165) is 18.7 Å². The van der Waals surface area contributed by atoms with Crippen molar-refractivity contribution < 1.29 is 4.74 Å². The summed E-state index contributed by atoms with van der Waals surface area (Å²) in [5.41, 5.74) is 1.15. The summed E-state index contributed by atoms with van der Waals surface area (Å²) < 4.78 is 6.18. The molecule has 0 saturated carbocycles. The van der Waals surface area contributed by atoms with Gasteiger partial charge < -0.3 is 10.1 Å². The minimum Gasteiger partial charge on any atom is -0.481 e. The van der Waals surface area contributed by atoms with E-state index < -0.39 is 0 Å². The molecule has 0 aliphatic heterocycles. The molecule has 2 rings (SSSR count). The number of halogens is 1. The molecular formula is C12H13BrN2OS. The largest absolute Gasteiger partial charge is 0.481 e. The highest BCUT2D eigenvalue weighted by Crippen LogP contribution is 2.22. The molecule has 5 heteroatoms. The maximum atomic E-state index is 5.01. The van der Waals surface area contributed by atoms with Crippen LogP contribution < -0.4 is 10.1 Å². The second-order valence-corrected chi connectivity index (χ2v) is 5.36. The quantitative estimate of drug-likeness (QED) is 0.920. The van der Waals surface area contributed by atoms with Crippen molar-refractivity contribution in [3.8, 4) is 5.88 Å². The van der Waals surface area contributed by atoms with Gasteiger partial charge in [0.15, 0.2) is 0 Å². The highest BCUT2D eigenvalue weighted by molar-refractivity contribution is 9.10. The summed E-state index contributed by atoms with van der Waals surface area (Å²) >= 11 is 5.26. The van der Waals surface area contributed by atoms with Crippen LogP contribution in [-0.4, -0.2) is 12.1 Å². The zero-order valence-corrected chi connectivity index (χ0v) is 11.8. The summed E-state index contributed by atoms with van der Waals surface area (Å²) in [4.78, 5) is 5.47. The van der Waals surface area contributed by atoms with E-state index in [4.69, 9.17) is 4.74 Å². The minimum absolute atomic E-state index is 0.648. The van der Waals surface area contributed by atoms with Crippen LogP contribution in [0.4, 0.5) is 0 Å². The molecular weight excluding hydrogens is 300 g/mol. The number of nitrogens with zero attached hydrogens (tertiary/aromatic N) is 1. The Labute approximate surface area is 113 Å². The van der Waals surface area contributed by atoms with Crippen molar-refractivity contribution in [2.45, 2.75) is 13.1 Å². The van der Waals surface area contributed by atoms with Gasteiger partial charge in [-0.05, 0) is 32.9 Å². The predicted octanol–water partition coefficient (Wildman–Crippen LogP) is 3.20. The molecule has 0 amide bonds. The molecule has 1 N–H and O–H groups in total. The third-order valence-corrected chi connectivity index (χ3v) is 4.24. The first-order chi connectivity index (χ1) is 8.29. The smallest absolute Gasteiger partial charge is 0.212 e. The van der Waals surface area contributed by atoms with E-state index in [-0.39, 0.29) is 0 Å². The third kappa shape index (κ3) is 3.52. The summed E-state index contributed by atoms with van der Waals surface area (Å²) in [6.45, 7) is 1.67. The molecule has 2 aromatic heterocycles. The number of thiophene rings is 1. The molecule has 0 aromatic carbocycles. The van der Waals surface area contributed by atoms with Gasteiger partial charge in [-0.1, -0.05) is 6.07 Å². The van der Waals surface area contributed by atoms with Gasteiger partial charge in [-0.3, -0.25) is 0 Å². The Morgan fingerprint density at radius 3 is 2.82 bits per heavy atom. The average molecular weight is 313 g/mol. The molecule has 0 fully saturated rings. The van der Waals surface area contributed by atoms with Gasteiger partial charge in [0, 0.05) is 34.7 Å². The fourth-order valence-electron chi connectivity index (χ4n) is 1.41. The number of rotatable bonds is 5. The summed E-state index contributed by atoms with van der Waals surface area (Å²) in [6, 6.07) is 5.96. The number of ether oxygens (including phenoxy) is 1. The molecule has 0 aliphatic carbocycles. The zero-order valence-electron chi connectivity index (χ0n) is 9.44. The number of aromatic nitrogens is 1. The summed E-state index contributed by atoms with van der Waals surface area (Å²) in [5.74, 6) is 0.648. The van der Waals surface area contributed by atoms with Crippen LogP contribution in [0, 0.1) is 0 Å². The second-order valence-electron chi connectivity index (χ2n) is 3.50. The first kappa shape index (κ1) is 12.5. The van der Waals surface area contributed by atoms with Crippen LogP contribution in [0.2, 0.25) is 0 Å². The van der Waals surface area contributed by atoms with Gasteiger partial charge in [0.1, 0.15) is 0 Å². The molecule has 2 aromatic rings. The molecule has 0 radical (unpaired) electrons. The van der Waals surface area contributed by atoms with Crippen molar-refractivity contribution in [2.75, 3.05) is 7.11 Å². The van der Waals surface area contributed by atoms with Gasteiger partial charge in [0.25, 0.3) is 0 Å². The van der Waals surface area contributed by atoms with Gasteiger partial charge in [-0.2, -0.15) is 0 Å². The van der Waals surface area contributed by atoms with E-state index in [2.05, 4.69) is 37.7 Å².